The van der Waals surface area contributed by atoms with Crippen LogP contribution in [0.3, 0.4) is 0 Å². The van der Waals surface area contributed by atoms with Crippen LogP contribution in [0.15, 0.2) is 85.7 Å². The van der Waals surface area contributed by atoms with Gasteiger partial charge in [0.05, 0.1) is 54.4 Å². The van der Waals surface area contributed by atoms with E-state index in [4.69, 9.17) is 16.3 Å². The van der Waals surface area contributed by atoms with Gasteiger partial charge in [-0.1, -0.05) is 61.8 Å². The van der Waals surface area contributed by atoms with Crippen molar-refractivity contribution in [2.45, 2.75) is 89.1 Å². The number of carbonyl (C=O) groups is 4. The van der Waals surface area contributed by atoms with Crippen molar-refractivity contribution >= 4 is 46.7 Å². The number of aromatic nitrogens is 5. The third-order valence-electron chi connectivity index (χ3n) is 15.0. The van der Waals surface area contributed by atoms with Crippen LogP contribution in [0.25, 0.3) is 11.1 Å². The van der Waals surface area contributed by atoms with E-state index >= 15 is 0 Å². The highest BCUT2D eigenvalue weighted by atomic mass is 35.5. The van der Waals surface area contributed by atoms with Crippen molar-refractivity contribution in [1.29, 1.82) is 0 Å². The van der Waals surface area contributed by atoms with Crippen molar-refractivity contribution in [3.8, 4) is 11.1 Å². The Morgan fingerprint density at radius 3 is 2.30 bits per heavy atom. The molecule has 19 nitrogen and oxygen atoms in total. The molecule has 4 amide bonds. The van der Waals surface area contributed by atoms with Crippen LogP contribution in [0, 0.1) is 0 Å². The van der Waals surface area contributed by atoms with E-state index in [1.54, 1.807) is 35.5 Å². The van der Waals surface area contributed by atoms with Gasteiger partial charge >= 0.3 is 0 Å². The highest BCUT2D eigenvalue weighted by Crippen LogP contribution is 2.43. The molecule has 402 valence electrons. The summed E-state index contributed by atoms with van der Waals surface area (Å²) >= 11 is 6.24. The molecule has 9 rings (SSSR count). The Bertz CT molecular complexity index is 2770. The molecular weight excluding hydrogens is 986 g/mol. The van der Waals surface area contributed by atoms with Crippen molar-refractivity contribution in [3.05, 3.63) is 125 Å². The fourth-order valence-corrected chi connectivity index (χ4v) is 10.9. The van der Waals surface area contributed by atoms with Crippen LogP contribution in [0.4, 0.5) is 11.5 Å². The number of nitrogens with one attached hydrogen (secondary N) is 4. The number of rotatable bonds is 20. The van der Waals surface area contributed by atoms with Gasteiger partial charge in [-0.3, -0.25) is 24.1 Å². The number of aliphatic hydroxyl groups excluding tert-OH is 1. The second-order valence-corrected chi connectivity index (χ2v) is 20.7. The monoisotopic (exact) mass is 1060 g/mol. The molecular formula is C56H70ClN13O6. The van der Waals surface area contributed by atoms with E-state index in [-0.39, 0.29) is 54.0 Å². The fraction of sp³-hybridized carbons (Fsp3) is 0.482. The van der Waals surface area contributed by atoms with Gasteiger partial charge in [-0.05, 0) is 85.4 Å². The molecule has 0 radical (unpaired) electrons. The zero-order valence-corrected chi connectivity index (χ0v) is 44.3. The molecule has 4 aliphatic rings. The maximum absolute atomic E-state index is 14.1. The van der Waals surface area contributed by atoms with E-state index in [0.29, 0.717) is 108 Å². The lowest BCUT2D eigenvalue weighted by Gasteiger charge is -2.38. The number of aryl methyl sites for hydroxylation is 1. The summed E-state index contributed by atoms with van der Waals surface area (Å²) < 4.78 is 6.59. The number of carbonyl (C=O) groups excluding carboxylic acids is 4. The average Bonchev–Trinajstić information content (AvgIpc) is 3.76. The molecule has 3 saturated heterocycles. The van der Waals surface area contributed by atoms with Crippen molar-refractivity contribution in [1.82, 2.24) is 55.6 Å². The third-order valence-corrected chi connectivity index (χ3v) is 15.2. The molecule has 3 fully saturated rings. The van der Waals surface area contributed by atoms with E-state index in [9.17, 15) is 24.3 Å². The van der Waals surface area contributed by atoms with Crippen LogP contribution in [-0.2, 0) is 32.1 Å². The lowest BCUT2D eigenvalue weighted by atomic mass is 9.97. The molecule has 0 unspecified atom stereocenters. The van der Waals surface area contributed by atoms with Crippen molar-refractivity contribution in [2.75, 3.05) is 95.3 Å². The van der Waals surface area contributed by atoms with Crippen LogP contribution in [0.5, 0.6) is 0 Å². The highest BCUT2D eigenvalue weighted by Gasteiger charge is 2.36. The second kappa shape index (κ2) is 26.0. The smallest absolute Gasteiger partial charge is 0.274 e. The number of nitrogens with zero attached hydrogens (tertiary/aromatic N) is 9. The van der Waals surface area contributed by atoms with Crippen LogP contribution < -0.4 is 26.2 Å². The number of ether oxygens (including phenoxy) is 1. The first-order chi connectivity index (χ1) is 37.0. The quantitative estimate of drug-likeness (QED) is 0.0665. The Balaban J connectivity index is 0.691. The minimum atomic E-state index is -0.576. The Morgan fingerprint density at radius 2 is 1.57 bits per heavy atom. The summed E-state index contributed by atoms with van der Waals surface area (Å²) in [4.78, 5) is 84.4. The molecule has 0 spiro atoms. The number of anilines is 2. The summed E-state index contributed by atoms with van der Waals surface area (Å²) in [6.07, 6.45) is 10.3. The van der Waals surface area contributed by atoms with Gasteiger partial charge in [-0.15, -0.1) is 0 Å². The lowest BCUT2D eigenvalue weighted by molar-refractivity contribution is -0.133. The largest absolute Gasteiger partial charge is 0.387 e. The second-order valence-electron chi connectivity index (χ2n) is 20.2. The van der Waals surface area contributed by atoms with E-state index in [0.717, 1.165) is 66.1 Å². The minimum absolute atomic E-state index is 0.00812. The SMILES string of the molecule is CCc1cccc(-c2cnc(C(=O)N3CCC(OC4CCN(CC(=O)NCCNC[C@@H](C(=O)N5CCN(c6ncnc7c6[C@H](C)C[C@H]7O)CC5)c5ccc(Cl)cc5)CC4)CC3)c(NC(=O)CNCc3ccncn3)c2)c1. The molecule has 3 atom stereocenters. The van der Waals surface area contributed by atoms with Crippen molar-refractivity contribution in [2.24, 2.45) is 0 Å². The zero-order chi connectivity index (χ0) is 53.0. The van der Waals surface area contributed by atoms with Crippen LogP contribution in [0.2, 0.25) is 5.02 Å². The van der Waals surface area contributed by atoms with Crippen LogP contribution >= 0.6 is 11.6 Å². The summed E-state index contributed by atoms with van der Waals surface area (Å²) in [7, 11) is 0. The number of halogens is 1. The molecule has 20 heteroatoms. The summed E-state index contributed by atoms with van der Waals surface area (Å²) in [6.45, 7) is 11.0. The standard InChI is InChI=1S/C56H70ClN13O6/c1-3-38-5-4-6-40(28-38)41-29-47(66-49(72)33-60-31-43-11-16-59-35-63-43)52(62-30-41)56(75)69-21-14-45(15-22-69)76-44-12-19-67(20-13-44)34-50(73)61-18-17-58-32-46(39-7-9-42(57)10-8-39)55(74)70-25-23-68(24-26-70)54-51-37(2)27-48(71)53(51)64-36-65-54/h4-11,16,28-30,35-37,44-46,48,58,60,71H,3,12-15,17-27,31-34H2,1-2H3,(H,61,73)(H,66,72)/t37-,46-,48-/m1/s1. The molecule has 5 aromatic rings. The number of benzene rings is 2. The topological polar surface area (TPSA) is 223 Å². The lowest BCUT2D eigenvalue weighted by Crippen LogP contribution is -2.51. The van der Waals surface area contributed by atoms with Crippen molar-refractivity contribution < 1.29 is 29.0 Å². The number of piperazine rings is 1. The van der Waals surface area contributed by atoms with Crippen LogP contribution in [0.1, 0.15) is 102 Å². The number of pyridine rings is 1. The van der Waals surface area contributed by atoms with Gasteiger partial charge < -0.3 is 45.8 Å². The third kappa shape index (κ3) is 13.9. The highest BCUT2D eigenvalue weighted by molar-refractivity contribution is 6.30. The Labute approximate surface area is 449 Å². The molecule has 0 bridgehead atoms. The molecule has 76 heavy (non-hydrogen) atoms. The number of fused-ring (bicyclic) bond motifs is 1. The Morgan fingerprint density at radius 1 is 0.803 bits per heavy atom. The predicted octanol–water partition coefficient (Wildman–Crippen LogP) is 4.74. The van der Waals surface area contributed by atoms with Gasteiger partial charge in [-0.2, -0.15) is 0 Å². The van der Waals surface area contributed by atoms with Crippen LogP contribution in [-0.4, -0.2) is 166 Å². The molecule has 0 saturated carbocycles. The van der Waals surface area contributed by atoms with E-state index in [1.165, 1.54) is 18.2 Å². The summed E-state index contributed by atoms with van der Waals surface area (Å²) in [5, 5.41) is 23.7. The fourth-order valence-electron chi connectivity index (χ4n) is 10.8. The first kappa shape index (κ1) is 54.3. The average molecular weight is 1060 g/mol. The summed E-state index contributed by atoms with van der Waals surface area (Å²) in [5.74, 6) is 0.0261. The molecule has 3 aromatic heterocycles. The maximum atomic E-state index is 14.1. The normalized spacial score (nSPS) is 18.8. The maximum Gasteiger partial charge on any atom is 0.274 e. The minimum Gasteiger partial charge on any atom is -0.387 e. The van der Waals surface area contributed by atoms with E-state index in [1.807, 2.05) is 35.2 Å². The first-order valence-electron chi connectivity index (χ1n) is 26.8. The van der Waals surface area contributed by atoms with Gasteiger partial charge in [0, 0.05) is 107 Å². The van der Waals surface area contributed by atoms with Gasteiger partial charge in [0.1, 0.15) is 18.5 Å². The number of hydrogen-bond donors (Lipinski definition) is 5. The van der Waals surface area contributed by atoms with E-state index < -0.39 is 12.0 Å². The predicted molar refractivity (Wildman–Crippen MR) is 290 cm³/mol. The molecule has 1 aliphatic carbocycles. The van der Waals surface area contributed by atoms with E-state index in [2.05, 4.69) is 82.0 Å². The number of hydrogen-bond acceptors (Lipinski definition) is 15. The Hall–Kier alpha value is -6.48. The number of piperidine rings is 2. The zero-order valence-electron chi connectivity index (χ0n) is 43.5. The van der Waals surface area contributed by atoms with Gasteiger partial charge in [0.25, 0.3) is 5.91 Å². The number of amides is 4. The van der Waals surface area contributed by atoms with Gasteiger partial charge in [0.2, 0.25) is 17.7 Å². The summed E-state index contributed by atoms with van der Waals surface area (Å²) in [6, 6.07) is 19.2. The molecule has 2 aromatic carbocycles. The number of aliphatic hydroxyl groups is 1. The van der Waals surface area contributed by atoms with Crippen molar-refractivity contribution in [3.63, 3.8) is 0 Å². The van der Waals surface area contributed by atoms with Gasteiger partial charge in [-0.25, -0.2) is 24.9 Å². The Kier molecular flexibility index (Phi) is 18.6. The first-order valence-corrected chi connectivity index (χ1v) is 27.2. The number of likely N-dealkylation sites (tertiary alicyclic amines) is 2. The van der Waals surface area contributed by atoms with Gasteiger partial charge in [0.15, 0.2) is 5.69 Å². The molecule has 6 heterocycles. The molecule has 5 N–H and O–H groups in total. The molecule has 3 aliphatic heterocycles. The summed E-state index contributed by atoms with van der Waals surface area (Å²) in [5.41, 5.74) is 6.85.